The summed E-state index contributed by atoms with van der Waals surface area (Å²) in [5, 5.41) is 12.7. The molecule has 0 rings (SSSR count). The molecule has 0 aromatic rings. The third-order valence-electron chi connectivity index (χ3n) is 3.51. The lowest BCUT2D eigenvalue weighted by Crippen LogP contribution is -2.48. The summed E-state index contributed by atoms with van der Waals surface area (Å²) < 4.78 is 36.9. The van der Waals surface area contributed by atoms with Crippen molar-refractivity contribution in [2.45, 2.75) is 51.7 Å². The van der Waals surface area contributed by atoms with E-state index in [0.717, 1.165) is 13.0 Å². The third-order valence-corrected chi connectivity index (χ3v) is 3.51. The zero-order valence-electron chi connectivity index (χ0n) is 12.2. The molecule has 0 radical (unpaired) electrons. The van der Waals surface area contributed by atoms with Crippen molar-refractivity contribution in [3.8, 4) is 0 Å². The van der Waals surface area contributed by atoms with Gasteiger partial charge in [-0.1, -0.05) is 20.8 Å². The molecular weight excluding hydrogens is 257 g/mol. The van der Waals surface area contributed by atoms with Gasteiger partial charge in [-0.05, 0) is 38.9 Å². The molecule has 0 aliphatic carbocycles. The van der Waals surface area contributed by atoms with Gasteiger partial charge in [0.05, 0.1) is 13.2 Å². The summed E-state index contributed by atoms with van der Waals surface area (Å²) in [7, 11) is 0. The second kappa shape index (κ2) is 8.76. The van der Waals surface area contributed by atoms with E-state index in [1.54, 1.807) is 6.92 Å². The number of nitrogens with zero attached hydrogens (tertiary/aromatic N) is 1. The van der Waals surface area contributed by atoms with Crippen molar-refractivity contribution in [2.24, 2.45) is 0 Å². The number of rotatable bonds is 10. The molecule has 0 aromatic heterocycles. The van der Waals surface area contributed by atoms with Gasteiger partial charge in [0.1, 0.15) is 0 Å². The maximum Gasteiger partial charge on any atom is 0.401 e. The Morgan fingerprint density at radius 1 is 1.16 bits per heavy atom. The molecule has 0 saturated heterocycles. The Balaban J connectivity index is 4.22. The van der Waals surface area contributed by atoms with Crippen LogP contribution < -0.4 is 5.32 Å². The van der Waals surface area contributed by atoms with Crippen LogP contribution >= 0.6 is 0 Å². The van der Waals surface area contributed by atoms with Gasteiger partial charge in [-0.25, -0.2) is 0 Å². The van der Waals surface area contributed by atoms with Crippen LogP contribution in [0.15, 0.2) is 0 Å². The van der Waals surface area contributed by atoms with E-state index in [1.807, 2.05) is 13.8 Å². The first-order valence-electron chi connectivity index (χ1n) is 6.97. The van der Waals surface area contributed by atoms with E-state index in [9.17, 15) is 18.3 Å². The van der Waals surface area contributed by atoms with Crippen molar-refractivity contribution >= 4 is 0 Å². The molecule has 19 heavy (non-hydrogen) atoms. The monoisotopic (exact) mass is 284 g/mol. The Morgan fingerprint density at radius 2 is 1.79 bits per heavy atom. The summed E-state index contributed by atoms with van der Waals surface area (Å²) in [6, 6.07) is 0. The fourth-order valence-electron chi connectivity index (χ4n) is 2.26. The Morgan fingerprint density at radius 3 is 2.16 bits per heavy atom. The molecule has 0 heterocycles. The molecule has 0 fully saturated rings. The normalized spacial score (nSPS) is 15.8. The molecule has 6 heteroatoms. The van der Waals surface area contributed by atoms with E-state index in [2.05, 4.69) is 5.32 Å². The van der Waals surface area contributed by atoms with Crippen LogP contribution in [0.2, 0.25) is 0 Å². The Labute approximate surface area is 114 Å². The van der Waals surface area contributed by atoms with Gasteiger partial charge in [-0.3, -0.25) is 4.90 Å². The van der Waals surface area contributed by atoms with Crippen molar-refractivity contribution in [1.82, 2.24) is 10.2 Å². The summed E-state index contributed by atoms with van der Waals surface area (Å²) in [5.41, 5.74) is -0.355. The highest BCUT2D eigenvalue weighted by Crippen LogP contribution is 2.19. The first-order valence-corrected chi connectivity index (χ1v) is 6.97. The van der Waals surface area contributed by atoms with Crippen molar-refractivity contribution in [1.29, 1.82) is 0 Å². The van der Waals surface area contributed by atoms with Gasteiger partial charge in [0.25, 0.3) is 0 Å². The third kappa shape index (κ3) is 7.74. The van der Waals surface area contributed by atoms with Crippen molar-refractivity contribution < 1.29 is 18.3 Å². The molecule has 116 valence electrons. The highest BCUT2D eigenvalue weighted by atomic mass is 19.4. The predicted octanol–water partition coefficient (Wildman–Crippen LogP) is 2.40. The fraction of sp³-hybridized carbons (Fsp3) is 1.00. The van der Waals surface area contributed by atoms with Crippen molar-refractivity contribution in [3.05, 3.63) is 0 Å². The molecule has 0 aromatic carbocycles. The van der Waals surface area contributed by atoms with Gasteiger partial charge in [0.15, 0.2) is 0 Å². The van der Waals surface area contributed by atoms with Gasteiger partial charge in [-0.2, -0.15) is 13.2 Å². The molecule has 0 spiro atoms. The Kier molecular flexibility index (Phi) is 8.61. The molecule has 0 bridgehead atoms. The highest BCUT2D eigenvalue weighted by molar-refractivity contribution is 4.85. The van der Waals surface area contributed by atoms with Crippen molar-refractivity contribution in [3.63, 3.8) is 0 Å². The summed E-state index contributed by atoms with van der Waals surface area (Å²) in [5.74, 6) is 0. The maximum absolute atomic E-state index is 12.3. The van der Waals surface area contributed by atoms with Gasteiger partial charge in [-0.15, -0.1) is 0 Å². The second-order valence-electron chi connectivity index (χ2n) is 4.91. The summed E-state index contributed by atoms with van der Waals surface area (Å²) in [6.07, 6.45) is -2.05. The molecule has 1 unspecified atom stereocenters. The van der Waals surface area contributed by atoms with Crippen LogP contribution in [0, 0.1) is 0 Å². The van der Waals surface area contributed by atoms with Crippen LogP contribution in [-0.4, -0.2) is 54.5 Å². The fourth-order valence-corrected chi connectivity index (χ4v) is 2.26. The van der Waals surface area contributed by atoms with E-state index in [0.29, 0.717) is 25.9 Å². The van der Waals surface area contributed by atoms with Crippen LogP contribution in [0.25, 0.3) is 0 Å². The first kappa shape index (κ1) is 18.7. The molecule has 3 nitrogen and oxygen atoms in total. The SMILES string of the molecule is CCNC(CC)(CO)CCCN(CC)CC(F)(F)F. The van der Waals surface area contributed by atoms with E-state index >= 15 is 0 Å². The van der Waals surface area contributed by atoms with Crippen LogP contribution in [0.4, 0.5) is 13.2 Å². The highest BCUT2D eigenvalue weighted by Gasteiger charge is 2.30. The maximum atomic E-state index is 12.3. The molecule has 0 amide bonds. The predicted molar refractivity (Wildman–Crippen MR) is 71.2 cm³/mol. The largest absolute Gasteiger partial charge is 0.401 e. The lowest BCUT2D eigenvalue weighted by Gasteiger charge is -2.33. The number of nitrogens with one attached hydrogen (secondary N) is 1. The standard InChI is InChI=1S/C13H27F3N2O/c1-4-12(11-19,17-5-2)8-7-9-18(6-3)10-13(14,15)16/h17,19H,4-11H2,1-3H3. The smallest absolute Gasteiger partial charge is 0.394 e. The van der Waals surface area contributed by atoms with Crippen LogP contribution in [0.5, 0.6) is 0 Å². The molecule has 1 atom stereocenters. The molecule has 0 aliphatic rings. The van der Waals surface area contributed by atoms with Gasteiger partial charge in [0, 0.05) is 5.54 Å². The van der Waals surface area contributed by atoms with Gasteiger partial charge >= 0.3 is 6.18 Å². The number of aliphatic hydroxyl groups is 1. The molecule has 0 saturated carbocycles. The number of halogens is 3. The number of aliphatic hydroxyl groups excluding tert-OH is 1. The Bertz CT molecular complexity index is 230. The van der Waals surface area contributed by atoms with Crippen LogP contribution in [0.3, 0.4) is 0 Å². The Hall–Kier alpha value is -0.330. The number of hydrogen-bond donors (Lipinski definition) is 2. The zero-order valence-corrected chi connectivity index (χ0v) is 12.2. The van der Waals surface area contributed by atoms with E-state index in [1.165, 1.54) is 4.90 Å². The molecule has 0 aliphatic heterocycles. The topological polar surface area (TPSA) is 35.5 Å². The minimum absolute atomic E-state index is 0.0166. The quantitative estimate of drug-likeness (QED) is 0.646. The molecular formula is C13H27F3N2O. The van der Waals surface area contributed by atoms with Crippen LogP contribution in [-0.2, 0) is 0 Å². The number of hydrogen-bond acceptors (Lipinski definition) is 3. The summed E-state index contributed by atoms with van der Waals surface area (Å²) in [4.78, 5) is 1.39. The summed E-state index contributed by atoms with van der Waals surface area (Å²) in [6.45, 7) is 6.37. The summed E-state index contributed by atoms with van der Waals surface area (Å²) >= 11 is 0. The van der Waals surface area contributed by atoms with E-state index in [-0.39, 0.29) is 12.1 Å². The average Bonchev–Trinajstić information content (AvgIpc) is 2.35. The number of alkyl halides is 3. The van der Waals surface area contributed by atoms with E-state index < -0.39 is 12.7 Å². The lowest BCUT2D eigenvalue weighted by atomic mass is 9.91. The average molecular weight is 284 g/mol. The second-order valence-corrected chi connectivity index (χ2v) is 4.91. The van der Waals surface area contributed by atoms with Crippen LogP contribution in [0.1, 0.15) is 40.0 Å². The first-order chi connectivity index (χ1) is 8.82. The van der Waals surface area contributed by atoms with E-state index in [4.69, 9.17) is 0 Å². The minimum Gasteiger partial charge on any atom is -0.394 e. The minimum atomic E-state index is -4.14. The van der Waals surface area contributed by atoms with Gasteiger partial charge in [0.2, 0.25) is 0 Å². The van der Waals surface area contributed by atoms with Gasteiger partial charge < -0.3 is 10.4 Å². The zero-order chi connectivity index (χ0) is 14.9. The number of likely N-dealkylation sites (N-methyl/N-ethyl adjacent to an activating group) is 1. The lowest BCUT2D eigenvalue weighted by molar-refractivity contribution is -0.145. The molecule has 2 N–H and O–H groups in total. The van der Waals surface area contributed by atoms with Crippen molar-refractivity contribution in [2.75, 3.05) is 32.8 Å².